The van der Waals surface area contributed by atoms with Crippen LogP contribution in [-0.2, 0) is 0 Å². The molecule has 3 heteroatoms. The normalized spacial score (nSPS) is 20.9. The molecule has 0 saturated heterocycles. The molecule has 3 nitrogen and oxygen atoms in total. The first-order valence-electron chi connectivity index (χ1n) is 7.02. The number of ether oxygens (including phenoxy) is 2. The number of fused-ring (bicyclic) bond motifs is 1. The summed E-state index contributed by atoms with van der Waals surface area (Å²) < 4.78 is 11.8. The van der Waals surface area contributed by atoms with E-state index < -0.39 is 0 Å². The van der Waals surface area contributed by atoms with Crippen LogP contribution in [0.1, 0.15) is 36.6 Å². The van der Waals surface area contributed by atoms with Crippen LogP contribution < -0.4 is 15.2 Å². The Labute approximate surface area is 119 Å². The van der Waals surface area contributed by atoms with E-state index in [1.54, 1.807) is 0 Å². The van der Waals surface area contributed by atoms with Crippen LogP contribution in [0.4, 0.5) is 0 Å². The Balaban J connectivity index is 1.94. The third kappa shape index (κ3) is 2.37. The quantitative estimate of drug-likeness (QED) is 0.925. The largest absolute Gasteiger partial charge is 0.493 e. The summed E-state index contributed by atoms with van der Waals surface area (Å²) in [6.07, 6.45) is 0.712. The molecule has 20 heavy (non-hydrogen) atoms. The van der Waals surface area contributed by atoms with E-state index >= 15 is 0 Å². The van der Waals surface area contributed by atoms with Gasteiger partial charge in [0, 0.05) is 23.6 Å². The summed E-state index contributed by atoms with van der Waals surface area (Å²) in [7, 11) is 0. The zero-order valence-corrected chi connectivity index (χ0v) is 11.6. The highest BCUT2D eigenvalue weighted by atomic mass is 16.5. The average molecular weight is 269 g/mol. The maximum atomic E-state index is 6.28. The molecule has 3 rings (SSSR count). The van der Waals surface area contributed by atoms with Gasteiger partial charge in [-0.3, -0.25) is 0 Å². The van der Waals surface area contributed by atoms with Gasteiger partial charge >= 0.3 is 0 Å². The van der Waals surface area contributed by atoms with Crippen molar-refractivity contribution in [3.63, 3.8) is 0 Å². The second-order valence-electron chi connectivity index (χ2n) is 4.96. The van der Waals surface area contributed by atoms with Gasteiger partial charge in [-0.1, -0.05) is 36.4 Å². The van der Waals surface area contributed by atoms with E-state index in [0.717, 1.165) is 29.0 Å². The molecule has 0 amide bonds. The van der Waals surface area contributed by atoms with Gasteiger partial charge in [0.1, 0.15) is 17.6 Å². The second kappa shape index (κ2) is 5.55. The topological polar surface area (TPSA) is 44.5 Å². The fraction of sp³-hybridized carbons (Fsp3) is 0.294. The molecule has 1 aliphatic rings. The molecule has 2 N–H and O–H groups in total. The highest BCUT2D eigenvalue weighted by Crippen LogP contribution is 2.41. The van der Waals surface area contributed by atoms with Gasteiger partial charge in [0.25, 0.3) is 0 Å². The summed E-state index contributed by atoms with van der Waals surface area (Å²) in [6, 6.07) is 16.0. The van der Waals surface area contributed by atoms with Crippen LogP contribution in [0.3, 0.4) is 0 Å². The van der Waals surface area contributed by atoms with Crippen molar-refractivity contribution >= 4 is 0 Å². The monoisotopic (exact) mass is 269 g/mol. The van der Waals surface area contributed by atoms with Crippen molar-refractivity contribution in [2.45, 2.75) is 25.5 Å². The minimum atomic E-state index is -0.0531. The third-order valence-corrected chi connectivity index (χ3v) is 3.62. The Morgan fingerprint density at radius 1 is 1.10 bits per heavy atom. The molecule has 104 valence electrons. The van der Waals surface area contributed by atoms with Crippen LogP contribution >= 0.6 is 0 Å². The molecule has 2 unspecified atom stereocenters. The van der Waals surface area contributed by atoms with Crippen LogP contribution in [-0.4, -0.2) is 6.61 Å². The Morgan fingerprint density at radius 2 is 1.80 bits per heavy atom. The lowest BCUT2D eigenvalue weighted by Crippen LogP contribution is -2.24. The van der Waals surface area contributed by atoms with Crippen molar-refractivity contribution in [3.05, 3.63) is 59.7 Å². The Morgan fingerprint density at radius 3 is 2.60 bits per heavy atom. The van der Waals surface area contributed by atoms with E-state index in [0.29, 0.717) is 6.61 Å². The Bertz CT molecular complexity index is 597. The van der Waals surface area contributed by atoms with E-state index in [-0.39, 0.29) is 12.1 Å². The molecule has 2 aromatic rings. The number of rotatable bonds is 3. The van der Waals surface area contributed by atoms with Crippen molar-refractivity contribution < 1.29 is 9.47 Å². The molecule has 0 saturated carbocycles. The molecule has 0 fully saturated rings. The maximum absolute atomic E-state index is 6.28. The third-order valence-electron chi connectivity index (χ3n) is 3.62. The SMILES string of the molecule is CCOc1ccccc1C1CC(N)c2ccccc2O1. The molecule has 1 heterocycles. The Kier molecular flexibility index (Phi) is 3.61. The number of benzene rings is 2. The van der Waals surface area contributed by atoms with E-state index in [1.807, 2.05) is 49.4 Å². The molecule has 1 aliphatic heterocycles. The van der Waals surface area contributed by atoms with Crippen molar-refractivity contribution in [2.24, 2.45) is 5.73 Å². The van der Waals surface area contributed by atoms with Crippen LogP contribution in [0.15, 0.2) is 48.5 Å². The zero-order chi connectivity index (χ0) is 13.9. The van der Waals surface area contributed by atoms with Crippen molar-refractivity contribution in [2.75, 3.05) is 6.61 Å². The van der Waals surface area contributed by atoms with Crippen molar-refractivity contribution in [1.82, 2.24) is 0 Å². The van der Waals surface area contributed by atoms with Gasteiger partial charge in [0.2, 0.25) is 0 Å². The first kappa shape index (κ1) is 13.0. The standard InChI is InChI=1S/C17H19NO2/c1-2-19-15-9-5-4-8-13(15)17-11-14(18)12-7-3-6-10-16(12)20-17/h3-10,14,17H,2,11,18H2,1H3. The summed E-state index contributed by atoms with van der Waals surface area (Å²) >= 11 is 0. The van der Waals surface area contributed by atoms with Gasteiger partial charge in [-0.05, 0) is 19.1 Å². The second-order valence-corrected chi connectivity index (χ2v) is 4.96. The van der Waals surface area contributed by atoms with Crippen LogP contribution in [0.5, 0.6) is 11.5 Å². The molecular weight excluding hydrogens is 250 g/mol. The predicted molar refractivity (Wildman–Crippen MR) is 79.0 cm³/mol. The molecule has 0 aliphatic carbocycles. The van der Waals surface area contributed by atoms with Gasteiger partial charge < -0.3 is 15.2 Å². The summed E-state index contributed by atoms with van der Waals surface area (Å²) in [4.78, 5) is 0. The lowest BCUT2D eigenvalue weighted by Gasteiger charge is -2.31. The number of nitrogens with two attached hydrogens (primary N) is 1. The summed E-state index contributed by atoms with van der Waals surface area (Å²) in [6.45, 7) is 2.63. The fourth-order valence-electron chi connectivity index (χ4n) is 2.68. The molecule has 2 aromatic carbocycles. The minimum Gasteiger partial charge on any atom is -0.493 e. The zero-order valence-electron chi connectivity index (χ0n) is 11.6. The van der Waals surface area contributed by atoms with Crippen LogP contribution in [0, 0.1) is 0 Å². The van der Waals surface area contributed by atoms with Gasteiger partial charge in [0.15, 0.2) is 0 Å². The smallest absolute Gasteiger partial charge is 0.129 e. The number of para-hydroxylation sites is 2. The van der Waals surface area contributed by atoms with Crippen molar-refractivity contribution in [3.8, 4) is 11.5 Å². The molecule has 0 radical (unpaired) electrons. The molecule has 0 spiro atoms. The highest BCUT2D eigenvalue weighted by Gasteiger charge is 2.28. The van der Waals surface area contributed by atoms with Gasteiger partial charge in [-0.15, -0.1) is 0 Å². The first-order valence-corrected chi connectivity index (χ1v) is 7.02. The minimum absolute atomic E-state index is 0.000340. The van der Waals surface area contributed by atoms with E-state index in [2.05, 4.69) is 6.07 Å². The maximum Gasteiger partial charge on any atom is 0.129 e. The van der Waals surface area contributed by atoms with Gasteiger partial charge in [0.05, 0.1) is 6.61 Å². The number of hydrogen-bond donors (Lipinski definition) is 1. The first-order chi connectivity index (χ1) is 9.79. The lowest BCUT2D eigenvalue weighted by molar-refractivity contribution is 0.156. The van der Waals surface area contributed by atoms with Crippen molar-refractivity contribution in [1.29, 1.82) is 0 Å². The molecule has 0 aromatic heterocycles. The van der Waals surface area contributed by atoms with Gasteiger partial charge in [-0.25, -0.2) is 0 Å². The van der Waals surface area contributed by atoms with E-state index in [9.17, 15) is 0 Å². The number of hydrogen-bond acceptors (Lipinski definition) is 3. The Hall–Kier alpha value is -2.00. The molecule has 0 bridgehead atoms. The van der Waals surface area contributed by atoms with E-state index in [1.165, 1.54) is 0 Å². The summed E-state index contributed by atoms with van der Waals surface area (Å²) in [5.41, 5.74) is 8.43. The molecule has 2 atom stereocenters. The molecular formula is C17H19NO2. The predicted octanol–water partition coefficient (Wildman–Crippen LogP) is 3.61. The highest BCUT2D eigenvalue weighted by molar-refractivity contribution is 5.42. The van der Waals surface area contributed by atoms with Crippen LogP contribution in [0.25, 0.3) is 0 Å². The average Bonchev–Trinajstić information content (AvgIpc) is 2.48. The summed E-state index contributed by atoms with van der Waals surface area (Å²) in [5, 5.41) is 0. The fourth-order valence-corrected chi connectivity index (χ4v) is 2.68. The van der Waals surface area contributed by atoms with E-state index in [4.69, 9.17) is 15.2 Å². The van der Waals surface area contributed by atoms with Gasteiger partial charge in [-0.2, -0.15) is 0 Å². The lowest BCUT2D eigenvalue weighted by atomic mass is 9.93. The van der Waals surface area contributed by atoms with Crippen LogP contribution in [0.2, 0.25) is 0 Å². The summed E-state index contributed by atoms with van der Waals surface area (Å²) in [5.74, 6) is 1.76.